The number of hydrogen-bond acceptors (Lipinski definition) is 4. The van der Waals surface area contributed by atoms with Crippen LogP contribution >= 0.6 is 15.9 Å². The smallest absolute Gasteiger partial charge is 0.264 e. The number of anilines is 2. The molecule has 0 bridgehead atoms. The van der Waals surface area contributed by atoms with Crippen molar-refractivity contribution in [2.75, 3.05) is 17.1 Å². The highest BCUT2D eigenvalue weighted by Crippen LogP contribution is 2.28. The van der Waals surface area contributed by atoms with Crippen LogP contribution in [0.4, 0.5) is 11.4 Å². The van der Waals surface area contributed by atoms with Gasteiger partial charge in [0.2, 0.25) is 0 Å². The lowest BCUT2D eigenvalue weighted by molar-refractivity contribution is 0.594. The number of rotatable bonds is 3. The van der Waals surface area contributed by atoms with E-state index in [0.29, 0.717) is 15.8 Å². The van der Waals surface area contributed by atoms with Crippen LogP contribution in [0.15, 0.2) is 51.8 Å². The number of benzene rings is 2. The van der Waals surface area contributed by atoms with Gasteiger partial charge < -0.3 is 5.73 Å². The van der Waals surface area contributed by atoms with E-state index in [2.05, 4.69) is 15.9 Å². The minimum Gasteiger partial charge on any atom is -0.398 e. The Balaban J connectivity index is 2.53. The first-order chi connectivity index (χ1) is 9.87. The van der Waals surface area contributed by atoms with Crippen molar-refractivity contribution in [1.29, 1.82) is 5.26 Å². The van der Waals surface area contributed by atoms with E-state index < -0.39 is 10.0 Å². The van der Waals surface area contributed by atoms with Gasteiger partial charge in [0.1, 0.15) is 6.07 Å². The molecule has 108 valence electrons. The van der Waals surface area contributed by atoms with Crippen molar-refractivity contribution in [2.45, 2.75) is 4.90 Å². The molecule has 2 rings (SSSR count). The summed E-state index contributed by atoms with van der Waals surface area (Å²) in [5, 5.41) is 9.09. The van der Waals surface area contributed by atoms with Gasteiger partial charge in [0.15, 0.2) is 0 Å². The number of nitrogens with two attached hydrogens (primary N) is 1. The zero-order valence-electron chi connectivity index (χ0n) is 11.1. The second kappa shape index (κ2) is 5.76. The number of halogens is 1. The van der Waals surface area contributed by atoms with Gasteiger partial charge in [-0.15, -0.1) is 0 Å². The third-order valence-electron chi connectivity index (χ3n) is 2.99. The molecule has 0 saturated carbocycles. The van der Waals surface area contributed by atoms with Gasteiger partial charge in [0, 0.05) is 17.2 Å². The Morgan fingerprint density at radius 2 is 1.90 bits per heavy atom. The first kappa shape index (κ1) is 15.4. The molecule has 2 aromatic rings. The number of sulfonamides is 1. The molecule has 0 atom stereocenters. The molecule has 0 aliphatic heterocycles. The van der Waals surface area contributed by atoms with Crippen molar-refractivity contribution in [3.05, 3.63) is 52.5 Å². The molecule has 2 N–H and O–H groups in total. The third kappa shape index (κ3) is 2.86. The molecule has 0 amide bonds. The zero-order chi connectivity index (χ0) is 15.6. The summed E-state index contributed by atoms with van der Waals surface area (Å²) in [6.45, 7) is 0. The molecule has 0 aromatic heterocycles. The zero-order valence-corrected chi connectivity index (χ0v) is 13.5. The van der Waals surface area contributed by atoms with Crippen LogP contribution in [0.3, 0.4) is 0 Å². The SMILES string of the molecule is CN(c1ccccc1C#N)S(=O)(=O)c1ccc(N)c(Br)c1. The Kier molecular flexibility index (Phi) is 4.21. The maximum atomic E-state index is 12.6. The van der Waals surface area contributed by atoms with Crippen molar-refractivity contribution < 1.29 is 8.42 Å². The summed E-state index contributed by atoms with van der Waals surface area (Å²) < 4.78 is 26.8. The quantitative estimate of drug-likeness (QED) is 0.847. The molecule has 0 spiro atoms. The van der Waals surface area contributed by atoms with E-state index in [-0.39, 0.29) is 10.5 Å². The maximum Gasteiger partial charge on any atom is 0.264 e. The van der Waals surface area contributed by atoms with Gasteiger partial charge >= 0.3 is 0 Å². The van der Waals surface area contributed by atoms with Gasteiger partial charge in [-0.3, -0.25) is 4.31 Å². The van der Waals surface area contributed by atoms with Crippen molar-refractivity contribution in [2.24, 2.45) is 0 Å². The second-order valence-electron chi connectivity index (χ2n) is 4.28. The van der Waals surface area contributed by atoms with Crippen LogP contribution in [0.25, 0.3) is 0 Å². The lowest BCUT2D eigenvalue weighted by Crippen LogP contribution is -2.27. The number of nitrogen functional groups attached to an aromatic ring is 1. The minimum absolute atomic E-state index is 0.0961. The van der Waals surface area contributed by atoms with Gasteiger partial charge in [-0.05, 0) is 46.3 Å². The molecular formula is C14H12BrN3O2S. The highest BCUT2D eigenvalue weighted by Gasteiger charge is 2.23. The van der Waals surface area contributed by atoms with Gasteiger partial charge in [0.25, 0.3) is 10.0 Å². The lowest BCUT2D eigenvalue weighted by atomic mass is 10.2. The minimum atomic E-state index is -3.77. The second-order valence-corrected chi connectivity index (χ2v) is 7.11. The molecule has 0 saturated heterocycles. The van der Waals surface area contributed by atoms with E-state index in [1.807, 2.05) is 6.07 Å². The number of para-hydroxylation sites is 1. The molecule has 7 heteroatoms. The van der Waals surface area contributed by atoms with Crippen LogP contribution in [0, 0.1) is 11.3 Å². The number of hydrogen-bond donors (Lipinski definition) is 1. The fourth-order valence-electron chi connectivity index (χ4n) is 1.80. The van der Waals surface area contributed by atoms with E-state index in [0.717, 1.165) is 4.31 Å². The summed E-state index contributed by atoms with van der Waals surface area (Å²) in [6.07, 6.45) is 0. The maximum absolute atomic E-state index is 12.6. The van der Waals surface area contributed by atoms with E-state index in [9.17, 15) is 8.42 Å². The van der Waals surface area contributed by atoms with E-state index >= 15 is 0 Å². The van der Waals surface area contributed by atoms with Gasteiger partial charge in [-0.2, -0.15) is 5.26 Å². The predicted molar refractivity (Wildman–Crippen MR) is 85.3 cm³/mol. The first-order valence-electron chi connectivity index (χ1n) is 5.91. The van der Waals surface area contributed by atoms with Crippen LogP contribution in [0.2, 0.25) is 0 Å². The van der Waals surface area contributed by atoms with Crippen molar-refractivity contribution in [3.63, 3.8) is 0 Å². The normalized spacial score (nSPS) is 10.9. The molecule has 0 fully saturated rings. The molecule has 0 radical (unpaired) electrons. The van der Waals surface area contributed by atoms with Gasteiger partial charge in [-0.25, -0.2) is 8.42 Å². The van der Waals surface area contributed by atoms with Crippen LogP contribution < -0.4 is 10.0 Å². The summed E-state index contributed by atoms with van der Waals surface area (Å²) in [5.41, 5.74) is 6.74. The first-order valence-corrected chi connectivity index (χ1v) is 8.14. The molecule has 0 heterocycles. The fraction of sp³-hybridized carbons (Fsp3) is 0.0714. The Bertz CT molecular complexity index is 828. The predicted octanol–water partition coefficient (Wildman–Crippen LogP) is 2.73. The van der Waals surface area contributed by atoms with Crippen LogP contribution in [-0.2, 0) is 10.0 Å². The lowest BCUT2D eigenvalue weighted by Gasteiger charge is -2.20. The van der Waals surface area contributed by atoms with Crippen LogP contribution in [-0.4, -0.2) is 15.5 Å². The fourth-order valence-corrected chi connectivity index (χ4v) is 3.57. The van der Waals surface area contributed by atoms with Crippen LogP contribution in [0.1, 0.15) is 5.56 Å². The summed E-state index contributed by atoms with van der Waals surface area (Å²) >= 11 is 3.21. The average Bonchev–Trinajstić information content (AvgIpc) is 2.49. The Labute approximate surface area is 131 Å². The Hall–Kier alpha value is -2.04. The third-order valence-corrected chi connectivity index (χ3v) is 5.45. The summed E-state index contributed by atoms with van der Waals surface area (Å²) in [6, 6.07) is 12.9. The Morgan fingerprint density at radius 1 is 1.24 bits per heavy atom. The molecule has 5 nitrogen and oxygen atoms in total. The van der Waals surface area contributed by atoms with Crippen LogP contribution in [0.5, 0.6) is 0 Å². The topological polar surface area (TPSA) is 87.2 Å². The van der Waals surface area contributed by atoms with Gasteiger partial charge in [0.05, 0.1) is 16.1 Å². The Morgan fingerprint density at radius 3 is 2.52 bits per heavy atom. The summed E-state index contributed by atoms with van der Waals surface area (Å²) in [5.74, 6) is 0. The molecular weight excluding hydrogens is 354 g/mol. The summed E-state index contributed by atoms with van der Waals surface area (Å²) in [4.78, 5) is 0.0961. The van der Waals surface area contributed by atoms with Crippen molar-refractivity contribution >= 4 is 37.3 Å². The highest BCUT2D eigenvalue weighted by atomic mass is 79.9. The van der Waals surface area contributed by atoms with Crippen molar-refractivity contribution in [3.8, 4) is 6.07 Å². The standard InChI is InChI=1S/C14H12BrN3O2S/c1-18(14-5-3-2-4-10(14)9-16)21(19,20)11-6-7-13(17)12(15)8-11/h2-8H,17H2,1H3. The van der Waals surface area contributed by atoms with E-state index in [4.69, 9.17) is 11.0 Å². The molecule has 2 aromatic carbocycles. The van der Waals surface area contributed by atoms with E-state index in [1.54, 1.807) is 24.3 Å². The highest BCUT2D eigenvalue weighted by molar-refractivity contribution is 9.10. The van der Waals surface area contributed by atoms with E-state index in [1.165, 1.54) is 25.2 Å². The van der Waals surface area contributed by atoms with Crippen molar-refractivity contribution in [1.82, 2.24) is 0 Å². The summed E-state index contributed by atoms with van der Waals surface area (Å²) in [7, 11) is -2.35. The monoisotopic (exact) mass is 365 g/mol. The number of nitriles is 1. The molecule has 21 heavy (non-hydrogen) atoms. The average molecular weight is 366 g/mol. The molecule has 0 aliphatic rings. The number of nitrogens with zero attached hydrogens (tertiary/aromatic N) is 2. The van der Waals surface area contributed by atoms with Gasteiger partial charge in [-0.1, -0.05) is 12.1 Å². The molecule has 0 aliphatic carbocycles. The molecule has 0 unspecified atom stereocenters. The largest absolute Gasteiger partial charge is 0.398 e.